The number of para-hydroxylation sites is 1. The predicted octanol–water partition coefficient (Wildman–Crippen LogP) is 4.19. The first-order valence-corrected chi connectivity index (χ1v) is 8.09. The smallest absolute Gasteiger partial charge is 0.331 e. The van der Waals surface area contributed by atoms with Crippen molar-refractivity contribution in [2.24, 2.45) is 0 Å². The summed E-state index contributed by atoms with van der Waals surface area (Å²) in [6.45, 7) is 1.47. The highest BCUT2D eigenvalue weighted by Crippen LogP contribution is 2.19. The second kappa shape index (κ2) is 8.34. The van der Waals surface area contributed by atoms with E-state index in [4.69, 9.17) is 4.74 Å². The summed E-state index contributed by atoms with van der Waals surface area (Å²) in [7, 11) is 0. The topological polar surface area (TPSA) is 86.5 Å². The Kier molecular flexibility index (Phi) is 6.19. The van der Waals surface area contributed by atoms with E-state index in [9.17, 15) is 19.7 Å². The van der Waals surface area contributed by atoms with Crippen LogP contribution in [0, 0.1) is 10.1 Å². The molecule has 2 aromatic carbocycles. The number of halogens is 1. The number of hydrogen-bond donors (Lipinski definition) is 0. The number of esters is 1. The molecule has 1 atom stereocenters. The molecule has 0 spiro atoms. The largest absolute Gasteiger partial charge is 0.451 e. The van der Waals surface area contributed by atoms with Crippen LogP contribution in [0.2, 0.25) is 0 Å². The third-order valence-corrected chi connectivity index (χ3v) is 3.85. The Morgan fingerprint density at radius 3 is 2.44 bits per heavy atom. The monoisotopic (exact) mass is 403 g/mol. The Morgan fingerprint density at radius 2 is 1.80 bits per heavy atom. The molecular weight excluding hydrogens is 390 g/mol. The third kappa shape index (κ3) is 5.09. The number of rotatable bonds is 6. The number of nitro groups is 1. The van der Waals surface area contributed by atoms with Gasteiger partial charge in [-0.25, -0.2) is 4.79 Å². The van der Waals surface area contributed by atoms with Crippen molar-refractivity contribution in [3.8, 4) is 0 Å². The quantitative estimate of drug-likeness (QED) is 0.237. The summed E-state index contributed by atoms with van der Waals surface area (Å²) in [6.07, 6.45) is 1.38. The zero-order chi connectivity index (χ0) is 18.4. The van der Waals surface area contributed by atoms with Crippen molar-refractivity contribution >= 4 is 39.4 Å². The molecule has 0 aliphatic rings. The van der Waals surface area contributed by atoms with Crippen molar-refractivity contribution in [2.45, 2.75) is 13.0 Å². The van der Waals surface area contributed by atoms with Gasteiger partial charge in [0, 0.05) is 22.2 Å². The first-order chi connectivity index (χ1) is 11.9. The van der Waals surface area contributed by atoms with Crippen LogP contribution in [0.4, 0.5) is 5.69 Å². The van der Waals surface area contributed by atoms with Gasteiger partial charge in [0.05, 0.1) is 10.5 Å². The fraction of sp³-hybridized carbons (Fsp3) is 0.111. The zero-order valence-corrected chi connectivity index (χ0v) is 14.8. The van der Waals surface area contributed by atoms with Gasteiger partial charge in [-0.2, -0.15) is 0 Å². The van der Waals surface area contributed by atoms with Crippen molar-refractivity contribution in [2.75, 3.05) is 0 Å². The molecular formula is C18H14BrNO5. The van der Waals surface area contributed by atoms with Gasteiger partial charge in [0.2, 0.25) is 5.78 Å². The number of benzene rings is 2. The van der Waals surface area contributed by atoms with Crippen molar-refractivity contribution in [1.82, 2.24) is 0 Å². The lowest BCUT2D eigenvalue weighted by Gasteiger charge is -2.10. The molecule has 7 heteroatoms. The minimum Gasteiger partial charge on any atom is -0.451 e. The SMILES string of the molecule is C[C@@H](OC(=O)/C=C/c1ccccc1[N+](=O)[O-])C(=O)c1ccc(Br)cc1. The highest BCUT2D eigenvalue weighted by Gasteiger charge is 2.18. The predicted molar refractivity (Wildman–Crippen MR) is 96.2 cm³/mol. The van der Waals surface area contributed by atoms with Crippen LogP contribution in [-0.4, -0.2) is 22.8 Å². The molecule has 25 heavy (non-hydrogen) atoms. The van der Waals surface area contributed by atoms with Crippen LogP contribution in [0.1, 0.15) is 22.8 Å². The standard InChI is InChI=1S/C18H14BrNO5/c1-12(18(22)14-6-9-15(19)10-7-14)25-17(21)11-8-13-4-2-3-5-16(13)20(23)24/h2-12H,1H3/b11-8+/t12-/m1/s1. The van der Waals surface area contributed by atoms with Crippen LogP contribution >= 0.6 is 15.9 Å². The van der Waals surface area contributed by atoms with Crippen LogP contribution in [-0.2, 0) is 9.53 Å². The molecule has 6 nitrogen and oxygen atoms in total. The van der Waals surface area contributed by atoms with Crippen LogP contribution in [0.3, 0.4) is 0 Å². The molecule has 0 fully saturated rings. The van der Waals surface area contributed by atoms with Crippen LogP contribution in [0.25, 0.3) is 6.08 Å². The summed E-state index contributed by atoms with van der Waals surface area (Å²) in [4.78, 5) is 34.4. The average molecular weight is 404 g/mol. The maximum Gasteiger partial charge on any atom is 0.331 e. The van der Waals surface area contributed by atoms with Crippen LogP contribution < -0.4 is 0 Å². The minimum absolute atomic E-state index is 0.120. The molecule has 0 aromatic heterocycles. The molecule has 2 rings (SSSR count). The number of carbonyl (C=O) groups is 2. The van der Waals surface area contributed by atoms with Crippen molar-refractivity contribution in [3.05, 3.63) is 80.3 Å². The summed E-state index contributed by atoms with van der Waals surface area (Å²) in [5, 5.41) is 10.9. The van der Waals surface area contributed by atoms with Crippen LogP contribution in [0.15, 0.2) is 59.1 Å². The van der Waals surface area contributed by atoms with Gasteiger partial charge in [-0.15, -0.1) is 0 Å². The van der Waals surface area contributed by atoms with E-state index < -0.39 is 17.0 Å². The van der Waals surface area contributed by atoms with Crippen LogP contribution in [0.5, 0.6) is 0 Å². The first-order valence-electron chi connectivity index (χ1n) is 7.30. The van der Waals surface area contributed by atoms with Gasteiger partial charge in [-0.3, -0.25) is 14.9 Å². The molecule has 0 N–H and O–H groups in total. The van der Waals surface area contributed by atoms with Gasteiger partial charge in [0.1, 0.15) is 0 Å². The molecule has 0 saturated carbocycles. The number of nitro benzene ring substituents is 1. The molecule has 0 bridgehead atoms. The van der Waals surface area contributed by atoms with Gasteiger partial charge >= 0.3 is 5.97 Å². The molecule has 0 aliphatic carbocycles. The molecule has 0 radical (unpaired) electrons. The maximum atomic E-state index is 12.2. The highest BCUT2D eigenvalue weighted by molar-refractivity contribution is 9.10. The van der Waals surface area contributed by atoms with E-state index in [0.717, 1.165) is 10.5 Å². The number of nitrogens with zero attached hydrogens (tertiary/aromatic N) is 1. The zero-order valence-electron chi connectivity index (χ0n) is 13.2. The number of Topliss-reactive ketones (excluding diaryl/α,β-unsaturated/α-hetero) is 1. The van der Waals surface area contributed by atoms with Gasteiger partial charge < -0.3 is 4.74 Å². The van der Waals surface area contributed by atoms with E-state index in [-0.39, 0.29) is 17.0 Å². The van der Waals surface area contributed by atoms with E-state index in [1.807, 2.05) is 0 Å². The lowest BCUT2D eigenvalue weighted by Crippen LogP contribution is -2.23. The fourth-order valence-electron chi connectivity index (χ4n) is 2.07. The van der Waals surface area contributed by atoms with E-state index >= 15 is 0 Å². The lowest BCUT2D eigenvalue weighted by molar-refractivity contribution is -0.385. The Balaban J connectivity index is 2.03. The minimum atomic E-state index is -0.968. The summed E-state index contributed by atoms with van der Waals surface area (Å²) in [5.41, 5.74) is 0.577. The molecule has 0 saturated heterocycles. The van der Waals surface area contributed by atoms with Gasteiger partial charge in [0.25, 0.3) is 5.69 Å². The number of ether oxygens (including phenoxy) is 1. The molecule has 0 amide bonds. The number of hydrogen-bond acceptors (Lipinski definition) is 5. The second-order valence-electron chi connectivity index (χ2n) is 5.10. The Hall–Kier alpha value is -2.80. The third-order valence-electron chi connectivity index (χ3n) is 3.32. The first kappa shape index (κ1) is 18.5. The molecule has 0 unspecified atom stereocenters. The molecule has 2 aromatic rings. The average Bonchev–Trinajstić information content (AvgIpc) is 2.60. The normalized spacial score (nSPS) is 11.9. The maximum absolute atomic E-state index is 12.2. The summed E-state index contributed by atoms with van der Waals surface area (Å²) in [5.74, 6) is -1.09. The van der Waals surface area contributed by atoms with Gasteiger partial charge in [-0.05, 0) is 31.2 Å². The Morgan fingerprint density at radius 1 is 1.16 bits per heavy atom. The van der Waals surface area contributed by atoms with E-state index in [0.29, 0.717) is 5.56 Å². The summed E-state index contributed by atoms with van der Waals surface area (Å²) >= 11 is 3.28. The van der Waals surface area contributed by atoms with Crippen molar-refractivity contribution in [1.29, 1.82) is 0 Å². The van der Waals surface area contributed by atoms with E-state index in [1.54, 1.807) is 30.3 Å². The fourth-order valence-corrected chi connectivity index (χ4v) is 2.33. The second-order valence-corrected chi connectivity index (χ2v) is 6.02. The van der Waals surface area contributed by atoms with Crippen molar-refractivity contribution < 1.29 is 19.2 Å². The Bertz CT molecular complexity index is 830. The van der Waals surface area contributed by atoms with E-state index in [2.05, 4.69) is 15.9 Å². The Labute approximate surface area is 152 Å². The number of ketones is 1. The van der Waals surface area contributed by atoms with Gasteiger partial charge in [0.15, 0.2) is 6.10 Å². The van der Waals surface area contributed by atoms with Crippen molar-refractivity contribution in [3.63, 3.8) is 0 Å². The molecule has 0 aliphatic heterocycles. The molecule has 0 heterocycles. The van der Waals surface area contributed by atoms with Gasteiger partial charge in [-0.1, -0.05) is 40.2 Å². The summed E-state index contributed by atoms with van der Waals surface area (Å²) in [6, 6.07) is 12.7. The summed E-state index contributed by atoms with van der Waals surface area (Å²) < 4.78 is 5.90. The van der Waals surface area contributed by atoms with E-state index in [1.165, 1.54) is 31.2 Å². The lowest BCUT2D eigenvalue weighted by atomic mass is 10.1. The highest BCUT2D eigenvalue weighted by atomic mass is 79.9. The number of carbonyl (C=O) groups excluding carboxylic acids is 2. The molecule has 128 valence electrons.